The number of hydrogen-bond acceptors (Lipinski definition) is 6. The number of aryl methyl sites for hydroxylation is 2. The summed E-state index contributed by atoms with van der Waals surface area (Å²) in [6.07, 6.45) is 5.39. The Labute approximate surface area is 208 Å². The fraction of sp³-hybridized carbons (Fsp3) is 0.143. The maximum Gasteiger partial charge on any atom is 0.251 e. The molecule has 0 bridgehead atoms. The van der Waals surface area contributed by atoms with E-state index in [2.05, 4.69) is 16.0 Å². The number of fused-ring (bicyclic) bond motifs is 1. The van der Waals surface area contributed by atoms with Crippen molar-refractivity contribution in [2.75, 3.05) is 7.11 Å². The molecule has 0 amide bonds. The average molecular weight is 479 g/mol. The number of pyridine rings is 2. The minimum atomic E-state index is -0.370. The predicted octanol–water partition coefficient (Wildman–Crippen LogP) is 3.95. The highest BCUT2D eigenvalue weighted by Crippen LogP contribution is 2.30. The van der Waals surface area contributed by atoms with E-state index in [0.717, 1.165) is 27.6 Å². The number of methoxy groups -OCH3 is 1. The molecular weight excluding hydrogens is 452 g/mol. The molecule has 2 N–H and O–H groups in total. The Morgan fingerprint density at radius 1 is 1.03 bits per heavy atom. The van der Waals surface area contributed by atoms with Crippen LogP contribution in [0.15, 0.2) is 90.2 Å². The van der Waals surface area contributed by atoms with Gasteiger partial charge in [0.2, 0.25) is 5.88 Å². The monoisotopic (exact) mass is 478 g/mol. The minimum absolute atomic E-state index is 0.119. The summed E-state index contributed by atoms with van der Waals surface area (Å²) in [6.45, 7) is 0. The number of nitriles is 1. The molecule has 0 fully saturated rings. The highest BCUT2D eigenvalue weighted by molar-refractivity contribution is 5.94. The highest BCUT2D eigenvalue weighted by atomic mass is 16.5. The van der Waals surface area contributed by atoms with Crippen molar-refractivity contribution < 1.29 is 4.74 Å². The molecule has 0 radical (unpaired) electrons. The highest BCUT2D eigenvalue weighted by Gasteiger charge is 2.15. The number of aromatic nitrogens is 4. The minimum Gasteiger partial charge on any atom is -0.481 e. The van der Waals surface area contributed by atoms with Crippen molar-refractivity contribution in [3.05, 3.63) is 112 Å². The maximum atomic E-state index is 12.5. The molecule has 3 aromatic heterocycles. The number of imidazole rings is 1. The summed E-state index contributed by atoms with van der Waals surface area (Å²) in [7, 11) is 5.24. The van der Waals surface area contributed by atoms with E-state index in [1.165, 1.54) is 0 Å². The first-order valence-electron chi connectivity index (χ1n) is 11.2. The molecule has 36 heavy (non-hydrogen) atoms. The van der Waals surface area contributed by atoms with Crippen LogP contribution in [0.4, 0.5) is 0 Å². The van der Waals surface area contributed by atoms with Crippen LogP contribution in [0, 0.1) is 11.3 Å². The van der Waals surface area contributed by atoms with Crippen LogP contribution in [0.3, 0.4) is 0 Å². The van der Waals surface area contributed by atoms with E-state index in [4.69, 9.17) is 15.7 Å². The molecule has 1 atom stereocenters. The Balaban J connectivity index is 0.000000445. The summed E-state index contributed by atoms with van der Waals surface area (Å²) >= 11 is 0. The second-order valence-corrected chi connectivity index (χ2v) is 8.24. The summed E-state index contributed by atoms with van der Waals surface area (Å²) in [4.78, 5) is 20.8. The molecule has 0 spiro atoms. The Hall–Kier alpha value is -4.74. The summed E-state index contributed by atoms with van der Waals surface area (Å²) in [5.41, 5.74) is 11.0. The van der Waals surface area contributed by atoms with Crippen LogP contribution < -0.4 is 16.0 Å². The molecular formula is C28H26N6O2. The first-order chi connectivity index (χ1) is 17.4. The number of benzene rings is 2. The van der Waals surface area contributed by atoms with Crippen molar-refractivity contribution >= 4 is 10.9 Å². The zero-order valence-electron chi connectivity index (χ0n) is 20.3. The topological polar surface area (TPSA) is 112 Å². The lowest BCUT2D eigenvalue weighted by molar-refractivity contribution is 0.398. The van der Waals surface area contributed by atoms with Crippen molar-refractivity contribution in [2.24, 2.45) is 19.8 Å². The molecule has 8 heteroatoms. The molecule has 0 saturated heterocycles. The van der Waals surface area contributed by atoms with Crippen molar-refractivity contribution in [1.29, 1.82) is 5.26 Å². The fourth-order valence-electron chi connectivity index (χ4n) is 3.85. The van der Waals surface area contributed by atoms with Gasteiger partial charge < -0.3 is 19.6 Å². The van der Waals surface area contributed by atoms with Gasteiger partial charge in [0.05, 0.1) is 42.3 Å². The van der Waals surface area contributed by atoms with Crippen molar-refractivity contribution in [3.8, 4) is 23.2 Å². The van der Waals surface area contributed by atoms with E-state index < -0.39 is 0 Å². The van der Waals surface area contributed by atoms with Gasteiger partial charge in [-0.05, 0) is 41.5 Å². The van der Waals surface area contributed by atoms with Gasteiger partial charge in [0.25, 0.3) is 5.56 Å². The molecule has 5 aromatic rings. The smallest absolute Gasteiger partial charge is 0.251 e. The third-order valence-electron chi connectivity index (χ3n) is 5.87. The van der Waals surface area contributed by atoms with Crippen LogP contribution in [0.2, 0.25) is 0 Å². The van der Waals surface area contributed by atoms with Gasteiger partial charge in [-0.15, -0.1) is 0 Å². The average Bonchev–Trinajstić information content (AvgIpc) is 3.41. The van der Waals surface area contributed by atoms with Crippen LogP contribution in [-0.2, 0) is 14.1 Å². The van der Waals surface area contributed by atoms with E-state index in [1.54, 1.807) is 55.5 Å². The third-order valence-corrected chi connectivity index (χ3v) is 5.87. The molecule has 0 aliphatic carbocycles. The van der Waals surface area contributed by atoms with E-state index in [-0.39, 0.29) is 11.6 Å². The van der Waals surface area contributed by atoms with E-state index >= 15 is 0 Å². The lowest BCUT2D eigenvalue weighted by Gasteiger charge is -2.16. The van der Waals surface area contributed by atoms with Gasteiger partial charge >= 0.3 is 0 Å². The molecule has 1 unspecified atom stereocenters. The van der Waals surface area contributed by atoms with Gasteiger partial charge in [0.1, 0.15) is 0 Å². The van der Waals surface area contributed by atoms with Crippen LogP contribution in [0.1, 0.15) is 22.7 Å². The van der Waals surface area contributed by atoms with Crippen LogP contribution in [0.5, 0.6) is 5.88 Å². The first kappa shape index (κ1) is 24.4. The number of rotatable bonds is 4. The quantitative estimate of drug-likeness (QED) is 0.419. The summed E-state index contributed by atoms with van der Waals surface area (Å²) in [5.74, 6) is 0.478. The van der Waals surface area contributed by atoms with Crippen LogP contribution >= 0.6 is 0 Å². The van der Waals surface area contributed by atoms with Gasteiger partial charge in [0.15, 0.2) is 0 Å². The van der Waals surface area contributed by atoms with Crippen LogP contribution in [0.25, 0.3) is 22.2 Å². The molecule has 2 aromatic carbocycles. The lowest BCUT2D eigenvalue weighted by atomic mass is 9.95. The second-order valence-electron chi connectivity index (χ2n) is 8.24. The molecule has 8 nitrogen and oxygen atoms in total. The molecule has 3 heterocycles. The predicted molar refractivity (Wildman–Crippen MR) is 139 cm³/mol. The number of nitrogens with two attached hydrogens (primary N) is 1. The Kier molecular flexibility index (Phi) is 7.23. The van der Waals surface area contributed by atoms with Gasteiger partial charge in [0, 0.05) is 49.6 Å². The molecule has 180 valence electrons. The van der Waals surface area contributed by atoms with Crippen LogP contribution in [-0.4, -0.2) is 26.2 Å². The molecule has 0 aliphatic rings. The zero-order valence-corrected chi connectivity index (χ0v) is 20.3. The lowest BCUT2D eigenvalue weighted by Crippen LogP contribution is -2.17. The maximum absolute atomic E-state index is 12.5. The largest absolute Gasteiger partial charge is 0.481 e. The normalized spacial score (nSPS) is 11.3. The first-order valence-corrected chi connectivity index (χ1v) is 11.2. The second kappa shape index (κ2) is 10.7. The molecule has 0 saturated carbocycles. The van der Waals surface area contributed by atoms with Crippen molar-refractivity contribution in [1.82, 2.24) is 19.1 Å². The van der Waals surface area contributed by atoms with E-state index in [0.29, 0.717) is 17.1 Å². The summed E-state index contributed by atoms with van der Waals surface area (Å²) < 4.78 is 8.74. The van der Waals surface area contributed by atoms with Crippen molar-refractivity contribution in [3.63, 3.8) is 0 Å². The van der Waals surface area contributed by atoms with Crippen molar-refractivity contribution in [2.45, 2.75) is 6.04 Å². The van der Waals surface area contributed by atoms with E-state index in [1.807, 2.05) is 60.3 Å². The SMILES string of the molecule is COc1cccc(-c2cc(=O)n(C)c3ccc(C(N)c4ccc(C#N)cc4)cc23)n1.Cn1ccnc1. The van der Waals surface area contributed by atoms with E-state index in [9.17, 15) is 4.79 Å². The number of hydrogen-bond donors (Lipinski definition) is 1. The molecule has 0 aliphatic heterocycles. The fourth-order valence-corrected chi connectivity index (χ4v) is 3.85. The Morgan fingerprint density at radius 3 is 2.39 bits per heavy atom. The standard InChI is InChI=1S/C24H20N4O2.C4H6N2/c1-28-21-11-10-17(24(26)16-8-6-15(14-25)7-9-16)12-19(21)18(13-23(28)29)20-4-3-5-22(27-20)30-2;1-6-3-2-5-4-6/h3-13,24H,26H2,1-2H3;2-4H,1H3. The van der Waals surface area contributed by atoms with Gasteiger partial charge in [-0.1, -0.05) is 24.3 Å². The van der Waals surface area contributed by atoms with Gasteiger partial charge in [-0.25, -0.2) is 9.97 Å². The van der Waals surface area contributed by atoms with Gasteiger partial charge in [-0.2, -0.15) is 5.26 Å². The Bertz CT molecular complexity index is 1580. The van der Waals surface area contributed by atoms with Gasteiger partial charge in [-0.3, -0.25) is 4.79 Å². The Morgan fingerprint density at radius 2 is 1.78 bits per heavy atom. The summed E-state index contributed by atoms with van der Waals surface area (Å²) in [5, 5.41) is 9.88. The summed E-state index contributed by atoms with van der Waals surface area (Å²) in [6, 6.07) is 21.8. The third kappa shape index (κ3) is 5.17. The number of nitrogens with zero attached hydrogens (tertiary/aromatic N) is 5. The number of ether oxygens (including phenoxy) is 1. The molecule has 5 rings (SSSR count). The zero-order chi connectivity index (χ0) is 25.7.